The van der Waals surface area contributed by atoms with Gasteiger partial charge in [0.1, 0.15) is 5.75 Å². The first kappa shape index (κ1) is 18.1. The number of carbonyl (C=O) groups is 1. The number of sulfonamides is 1. The minimum absolute atomic E-state index is 0.148. The van der Waals surface area contributed by atoms with E-state index in [4.69, 9.17) is 16.3 Å². The Labute approximate surface area is 145 Å². The Balaban J connectivity index is 1.89. The lowest BCUT2D eigenvalue weighted by Gasteiger charge is -2.09. The van der Waals surface area contributed by atoms with Gasteiger partial charge in [0.05, 0.1) is 6.26 Å². The predicted octanol–water partition coefficient (Wildman–Crippen LogP) is 3.04. The van der Waals surface area contributed by atoms with Crippen LogP contribution in [0.3, 0.4) is 0 Å². The maximum Gasteiger partial charge on any atom is 0.262 e. The van der Waals surface area contributed by atoms with E-state index < -0.39 is 10.0 Å². The van der Waals surface area contributed by atoms with E-state index in [2.05, 4.69) is 10.0 Å². The Morgan fingerprint density at radius 1 is 1.12 bits per heavy atom. The molecule has 2 rings (SSSR count). The number of hydrogen-bond acceptors (Lipinski definition) is 4. The summed E-state index contributed by atoms with van der Waals surface area (Å²) in [5, 5.41) is 3.29. The van der Waals surface area contributed by atoms with E-state index in [-0.39, 0.29) is 12.5 Å². The molecule has 0 saturated heterocycles. The Morgan fingerprint density at radius 2 is 1.75 bits per heavy atom. The Kier molecular flexibility index (Phi) is 5.69. The van der Waals surface area contributed by atoms with Gasteiger partial charge < -0.3 is 10.1 Å². The minimum atomic E-state index is -3.33. The number of benzene rings is 2. The summed E-state index contributed by atoms with van der Waals surface area (Å²) in [6.45, 7) is 1.70. The SMILES string of the molecule is Cc1cc(OCC(=O)Nc2ccc(NS(C)(=O)=O)cc2)ccc1Cl. The zero-order chi connectivity index (χ0) is 17.7. The molecule has 0 heterocycles. The molecule has 0 spiro atoms. The summed E-state index contributed by atoms with van der Waals surface area (Å²) in [6.07, 6.45) is 1.07. The number of anilines is 2. The van der Waals surface area contributed by atoms with Crippen molar-refractivity contribution >= 4 is 38.9 Å². The summed E-state index contributed by atoms with van der Waals surface area (Å²) in [5.74, 6) is 0.228. The van der Waals surface area contributed by atoms with E-state index in [9.17, 15) is 13.2 Å². The highest BCUT2D eigenvalue weighted by molar-refractivity contribution is 7.92. The molecule has 1 amide bonds. The maximum absolute atomic E-state index is 11.9. The van der Waals surface area contributed by atoms with E-state index in [0.717, 1.165) is 11.8 Å². The molecule has 6 nitrogen and oxygen atoms in total. The van der Waals surface area contributed by atoms with Gasteiger partial charge in [0.2, 0.25) is 10.0 Å². The molecular formula is C16H17ClN2O4S. The number of halogens is 1. The van der Waals surface area contributed by atoms with Crippen molar-refractivity contribution in [2.75, 3.05) is 22.9 Å². The monoisotopic (exact) mass is 368 g/mol. The van der Waals surface area contributed by atoms with E-state index in [1.54, 1.807) is 42.5 Å². The van der Waals surface area contributed by atoms with E-state index in [1.807, 2.05) is 6.92 Å². The topological polar surface area (TPSA) is 84.5 Å². The second kappa shape index (κ2) is 7.55. The predicted molar refractivity (Wildman–Crippen MR) is 95.2 cm³/mol. The van der Waals surface area contributed by atoms with Crippen LogP contribution in [0.2, 0.25) is 5.02 Å². The van der Waals surface area contributed by atoms with Gasteiger partial charge in [-0.05, 0) is 55.0 Å². The fourth-order valence-electron chi connectivity index (χ4n) is 1.89. The third-order valence-corrected chi connectivity index (χ3v) is 4.00. The van der Waals surface area contributed by atoms with Crippen molar-refractivity contribution < 1.29 is 17.9 Å². The molecule has 0 atom stereocenters. The lowest BCUT2D eigenvalue weighted by atomic mass is 10.2. The molecule has 0 aliphatic carbocycles. The smallest absolute Gasteiger partial charge is 0.262 e. The molecule has 8 heteroatoms. The second-order valence-electron chi connectivity index (χ2n) is 5.20. The Hall–Kier alpha value is -2.25. The normalized spacial score (nSPS) is 11.0. The summed E-state index contributed by atoms with van der Waals surface area (Å²) in [6, 6.07) is 11.4. The molecule has 0 bridgehead atoms. The quantitative estimate of drug-likeness (QED) is 0.820. The van der Waals surface area contributed by atoms with Gasteiger partial charge in [-0.1, -0.05) is 11.6 Å². The lowest BCUT2D eigenvalue weighted by Crippen LogP contribution is -2.20. The first-order valence-corrected chi connectivity index (χ1v) is 9.26. The van der Waals surface area contributed by atoms with Crippen LogP contribution in [0, 0.1) is 6.92 Å². The highest BCUT2D eigenvalue weighted by Gasteiger charge is 2.06. The van der Waals surface area contributed by atoms with E-state index >= 15 is 0 Å². The van der Waals surface area contributed by atoms with Crippen LogP contribution in [0.1, 0.15) is 5.56 Å². The van der Waals surface area contributed by atoms with Gasteiger partial charge in [-0.25, -0.2) is 8.42 Å². The van der Waals surface area contributed by atoms with Gasteiger partial charge in [-0.15, -0.1) is 0 Å². The van der Waals surface area contributed by atoms with Gasteiger partial charge in [0, 0.05) is 16.4 Å². The summed E-state index contributed by atoms with van der Waals surface area (Å²) in [5.41, 5.74) is 1.82. The van der Waals surface area contributed by atoms with Crippen molar-refractivity contribution in [1.82, 2.24) is 0 Å². The van der Waals surface area contributed by atoms with E-state index in [0.29, 0.717) is 22.1 Å². The second-order valence-corrected chi connectivity index (χ2v) is 7.36. The van der Waals surface area contributed by atoms with Crippen LogP contribution in [0.15, 0.2) is 42.5 Å². The molecule has 0 aliphatic heterocycles. The number of hydrogen-bond donors (Lipinski definition) is 2. The van der Waals surface area contributed by atoms with Gasteiger partial charge in [0.25, 0.3) is 5.91 Å². The molecule has 2 aromatic carbocycles. The summed E-state index contributed by atoms with van der Waals surface area (Å²) < 4.78 is 30.0. The highest BCUT2D eigenvalue weighted by Crippen LogP contribution is 2.21. The minimum Gasteiger partial charge on any atom is -0.484 e. The van der Waals surface area contributed by atoms with Gasteiger partial charge >= 0.3 is 0 Å². The van der Waals surface area contributed by atoms with Crippen LogP contribution in [0.5, 0.6) is 5.75 Å². The molecule has 0 radical (unpaired) electrons. The molecule has 0 aromatic heterocycles. The first-order chi connectivity index (χ1) is 11.2. The molecule has 2 aromatic rings. The average molecular weight is 369 g/mol. The molecule has 2 N–H and O–H groups in total. The van der Waals surface area contributed by atoms with Crippen LogP contribution in [-0.4, -0.2) is 27.2 Å². The summed E-state index contributed by atoms with van der Waals surface area (Å²) in [7, 11) is -3.33. The first-order valence-electron chi connectivity index (χ1n) is 6.99. The molecule has 0 unspecified atom stereocenters. The maximum atomic E-state index is 11.9. The zero-order valence-electron chi connectivity index (χ0n) is 13.2. The van der Waals surface area contributed by atoms with Crippen LogP contribution >= 0.6 is 11.6 Å². The summed E-state index contributed by atoms with van der Waals surface area (Å²) >= 11 is 5.93. The number of aryl methyl sites for hydroxylation is 1. The Morgan fingerprint density at radius 3 is 2.33 bits per heavy atom. The number of carbonyl (C=O) groups excluding carboxylic acids is 1. The van der Waals surface area contributed by atoms with Crippen LogP contribution < -0.4 is 14.8 Å². The number of rotatable bonds is 6. The van der Waals surface area contributed by atoms with Crippen molar-refractivity contribution in [2.45, 2.75) is 6.92 Å². The van der Waals surface area contributed by atoms with Crippen LogP contribution in [-0.2, 0) is 14.8 Å². The van der Waals surface area contributed by atoms with Crippen molar-refractivity contribution in [3.8, 4) is 5.75 Å². The third-order valence-electron chi connectivity index (χ3n) is 2.97. The van der Waals surface area contributed by atoms with Gasteiger partial charge in [-0.3, -0.25) is 9.52 Å². The van der Waals surface area contributed by atoms with E-state index in [1.165, 1.54) is 0 Å². The largest absolute Gasteiger partial charge is 0.484 e. The van der Waals surface area contributed by atoms with Crippen LogP contribution in [0.25, 0.3) is 0 Å². The van der Waals surface area contributed by atoms with Crippen LogP contribution in [0.4, 0.5) is 11.4 Å². The molecular weight excluding hydrogens is 352 g/mol. The molecule has 24 heavy (non-hydrogen) atoms. The molecule has 0 fully saturated rings. The Bertz CT molecular complexity index is 836. The fourth-order valence-corrected chi connectivity index (χ4v) is 2.57. The zero-order valence-corrected chi connectivity index (χ0v) is 14.7. The molecule has 0 aliphatic rings. The van der Waals surface area contributed by atoms with Gasteiger partial charge in [-0.2, -0.15) is 0 Å². The number of ether oxygens (including phenoxy) is 1. The number of nitrogens with one attached hydrogen (secondary N) is 2. The number of amides is 1. The highest BCUT2D eigenvalue weighted by atomic mass is 35.5. The van der Waals surface area contributed by atoms with Crippen molar-refractivity contribution in [3.05, 3.63) is 53.1 Å². The standard InChI is InChI=1S/C16H17ClN2O4S/c1-11-9-14(7-8-15(11)17)23-10-16(20)18-12-3-5-13(6-4-12)19-24(2,21)22/h3-9,19H,10H2,1-2H3,(H,18,20). The molecule has 0 saturated carbocycles. The van der Waals surface area contributed by atoms with Crippen molar-refractivity contribution in [2.24, 2.45) is 0 Å². The lowest BCUT2D eigenvalue weighted by molar-refractivity contribution is -0.118. The van der Waals surface area contributed by atoms with Crippen molar-refractivity contribution in [1.29, 1.82) is 0 Å². The van der Waals surface area contributed by atoms with Crippen molar-refractivity contribution in [3.63, 3.8) is 0 Å². The van der Waals surface area contributed by atoms with Gasteiger partial charge in [0.15, 0.2) is 6.61 Å². The third kappa shape index (κ3) is 5.75. The fraction of sp³-hybridized carbons (Fsp3) is 0.188. The summed E-state index contributed by atoms with van der Waals surface area (Å²) in [4.78, 5) is 11.9. The average Bonchev–Trinajstić information content (AvgIpc) is 2.49. The molecule has 128 valence electrons.